The summed E-state index contributed by atoms with van der Waals surface area (Å²) < 4.78 is 10.9. The zero-order chi connectivity index (χ0) is 24.5. The molecule has 0 fully saturated rings. The molecule has 1 aromatic carbocycles. The zero-order valence-electron chi connectivity index (χ0n) is 19.4. The number of ether oxygens (including phenoxy) is 2. The van der Waals surface area contributed by atoms with E-state index in [1.807, 2.05) is 23.6 Å². The fourth-order valence-corrected chi connectivity index (χ4v) is 6.44. The van der Waals surface area contributed by atoms with Gasteiger partial charge in [0.2, 0.25) is 5.91 Å². The lowest BCUT2D eigenvalue weighted by Gasteiger charge is -2.32. The molecule has 3 aromatic rings. The first-order chi connectivity index (χ1) is 17.0. The van der Waals surface area contributed by atoms with Crippen molar-refractivity contribution >= 4 is 45.2 Å². The summed E-state index contributed by atoms with van der Waals surface area (Å²) in [5, 5.41) is 16.0. The van der Waals surface area contributed by atoms with Crippen LogP contribution in [0.4, 0.5) is 10.7 Å². The maximum Gasteiger partial charge on any atom is 0.268 e. The van der Waals surface area contributed by atoms with Crippen LogP contribution in [0.5, 0.6) is 5.75 Å². The summed E-state index contributed by atoms with van der Waals surface area (Å²) in [6, 6.07) is 7.79. The van der Waals surface area contributed by atoms with E-state index in [9.17, 15) is 14.9 Å². The number of thiophene rings is 1. The zero-order valence-corrected chi connectivity index (χ0v) is 21.1. The van der Waals surface area contributed by atoms with Gasteiger partial charge in [0.25, 0.3) is 5.91 Å². The Kier molecular flexibility index (Phi) is 6.56. The Morgan fingerprint density at radius 1 is 1.40 bits per heavy atom. The van der Waals surface area contributed by atoms with Gasteiger partial charge in [-0.3, -0.25) is 14.5 Å². The van der Waals surface area contributed by atoms with Crippen LogP contribution in [-0.4, -0.2) is 43.2 Å². The Labute approximate surface area is 211 Å². The van der Waals surface area contributed by atoms with E-state index in [0.717, 1.165) is 52.4 Å². The first-order valence-corrected chi connectivity index (χ1v) is 13.1. The highest BCUT2D eigenvalue weighted by atomic mass is 32.1. The monoisotopic (exact) mass is 508 g/mol. The smallest absolute Gasteiger partial charge is 0.268 e. The molecule has 1 unspecified atom stereocenters. The van der Waals surface area contributed by atoms with Gasteiger partial charge in [0.15, 0.2) is 6.10 Å². The fourth-order valence-electron chi connectivity index (χ4n) is 4.40. The van der Waals surface area contributed by atoms with Gasteiger partial charge in [-0.1, -0.05) is 0 Å². The fraction of sp³-hybridized carbons (Fsp3) is 0.360. The van der Waals surface area contributed by atoms with E-state index in [1.165, 1.54) is 16.2 Å². The van der Waals surface area contributed by atoms with Gasteiger partial charge in [0, 0.05) is 29.4 Å². The van der Waals surface area contributed by atoms with Crippen LogP contribution in [0.25, 0.3) is 11.3 Å². The molecule has 2 amide bonds. The molecular formula is C25H24N4O4S2. The van der Waals surface area contributed by atoms with E-state index in [1.54, 1.807) is 25.4 Å². The maximum absolute atomic E-state index is 13.0. The van der Waals surface area contributed by atoms with Gasteiger partial charge in [0.05, 0.1) is 28.6 Å². The number of anilines is 2. The molecule has 1 aliphatic carbocycles. The van der Waals surface area contributed by atoms with Crippen LogP contribution in [0.15, 0.2) is 23.6 Å². The van der Waals surface area contributed by atoms with Crippen LogP contribution in [0, 0.1) is 11.3 Å². The number of aromatic nitrogens is 1. The standard InChI is InChI=1S/C25H24N4O4S2/c1-14-25(31)29(12-22(30)28-24-17(11-26)16-4-3-5-21(16)35-24)19-10-15(6-7-20(19)33-14)18-13-34-23(27-18)8-9-32-2/h6-7,10,13-14H,3-5,8-9,12H2,1-2H3,(H,28,30). The molecule has 0 saturated heterocycles. The topological polar surface area (TPSA) is 105 Å². The van der Waals surface area contributed by atoms with E-state index in [0.29, 0.717) is 28.6 Å². The number of aryl methyl sites for hydroxylation is 1. The number of carbonyl (C=O) groups excluding carboxylic acids is 2. The number of nitrogens with zero attached hydrogens (tertiary/aromatic N) is 3. The minimum absolute atomic E-state index is 0.174. The molecule has 0 bridgehead atoms. The number of hydrogen-bond acceptors (Lipinski definition) is 8. The number of nitriles is 1. The highest BCUT2D eigenvalue weighted by Crippen LogP contribution is 2.40. The van der Waals surface area contributed by atoms with E-state index in [-0.39, 0.29) is 18.4 Å². The average Bonchev–Trinajstić information content (AvgIpc) is 3.57. The molecule has 0 radical (unpaired) electrons. The molecule has 8 nitrogen and oxygen atoms in total. The molecule has 0 saturated carbocycles. The number of nitrogens with one attached hydrogen (secondary N) is 1. The van der Waals surface area contributed by atoms with Crippen molar-refractivity contribution in [3.8, 4) is 23.1 Å². The van der Waals surface area contributed by atoms with Crippen LogP contribution in [-0.2, 0) is 33.6 Å². The lowest BCUT2D eigenvalue weighted by atomic mass is 10.1. The van der Waals surface area contributed by atoms with Gasteiger partial charge >= 0.3 is 0 Å². The molecule has 2 aromatic heterocycles. The minimum Gasteiger partial charge on any atom is -0.479 e. The normalized spacial score (nSPS) is 16.4. The second kappa shape index (κ2) is 9.77. The molecular weight excluding hydrogens is 484 g/mol. The Bertz CT molecular complexity index is 1340. The second-order valence-corrected chi connectivity index (χ2v) is 10.5. The molecule has 35 heavy (non-hydrogen) atoms. The number of methoxy groups -OCH3 is 1. The average molecular weight is 509 g/mol. The van der Waals surface area contributed by atoms with Crippen molar-refractivity contribution in [2.45, 2.75) is 38.7 Å². The quantitative estimate of drug-likeness (QED) is 0.514. The van der Waals surface area contributed by atoms with Gasteiger partial charge in [-0.25, -0.2) is 4.98 Å². The minimum atomic E-state index is -0.707. The molecule has 3 heterocycles. The van der Waals surface area contributed by atoms with Gasteiger partial charge in [0.1, 0.15) is 23.4 Å². The van der Waals surface area contributed by atoms with Gasteiger partial charge in [-0.2, -0.15) is 5.26 Å². The van der Waals surface area contributed by atoms with E-state index >= 15 is 0 Å². The molecule has 2 aliphatic rings. The molecule has 10 heteroatoms. The first kappa shape index (κ1) is 23.5. The molecule has 5 rings (SSSR count). The Hall–Kier alpha value is -3.26. The molecule has 0 spiro atoms. The van der Waals surface area contributed by atoms with Gasteiger partial charge in [-0.05, 0) is 49.9 Å². The Balaban J connectivity index is 1.39. The van der Waals surface area contributed by atoms with Crippen molar-refractivity contribution in [3.63, 3.8) is 0 Å². The van der Waals surface area contributed by atoms with Gasteiger partial charge < -0.3 is 14.8 Å². The number of amides is 2. The van der Waals surface area contributed by atoms with Crippen LogP contribution in [0.3, 0.4) is 0 Å². The van der Waals surface area contributed by atoms with Crippen molar-refractivity contribution in [2.75, 3.05) is 30.5 Å². The summed E-state index contributed by atoms with van der Waals surface area (Å²) in [6.07, 6.45) is 2.86. The maximum atomic E-state index is 13.0. The van der Waals surface area contributed by atoms with Crippen LogP contribution in [0.2, 0.25) is 0 Å². The lowest BCUT2D eigenvalue weighted by Crippen LogP contribution is -2.47. The van der Waals surface area contributed by atoms with Gasteiger partial charge in [-0.15, -0.1) is 22.7 Å². The second-order valence-electron chi connectivity index (χ2n) is 8.46. The highest BCUT2D eigenvalue weighted by molar-refractivity contribution is 7.16. The van der Waals surface area contributed by atoms with Crippen molar-refractivity contribution in [2.24, 2.45) is 0 Å². The third-order valence-electron chi connectivity index (χ3n) is 6.12. The predicted molar refractivity (Wildman–Crippen MR) is 135 cm³/mol. The summed E-state index contributed by atoms with van der Waals surface area (Å²) in [7, 11) is 1.66. The van der Waals surface area contributed by atoms with E-state index in [2.05, 4.69) is 16.4 Å². The predicted octanol–water partition coefficient (Wildman–Crippen LogP) is 4.17. The van der Waals surface area contributed by atoms with Crippen LogP contribution >= 0.6 is 22.7 Å². The number of hydrogen-bond donors (Lipinski definition) is 1. The van der Waals surface area contributed by atoms with Crippen molar-refractivity contribution in [3.05, 3.63) is 44.6 Å². The summed E-state index contributed by atoms with van der Waals surface area (Å²) in [6.45, 7) is 2.10. The number of rotatable bonds is 7. The number of benzene rings is 1. The third kappa shape index (κ3) is 4.55. The Morgan fingerprint density at radius 3 is 3.06 bits per heavy atom. The molecule has 180 valence electrons. The first-order valence-electron chi connectivity index (χ1n) is 11.4. The largest absolute Gasteiger partial charge is 0.479 e. The molecule has 1 atom stereocenters. The highest BCUT2D eigenvalue weighted by Gasteiger charge is 2.33. The SMILES string of the molecule is COCCc1nc(-c2ccc3c(c2)N(CC(=O)Nc2sc4c(c2C#N)CCC4)C(=O)C(C)O3)cs1. The number of fused-ring (bicyclic) bond motifs is 2. The number of thiazole rings is 1. The van der Waals surface area contributed by atoms with Crippen LogP contribution in [0.1, 0.15) is 34.4 Å². The van der Waals surface area contributed by atoms with E-state index < -0.39 is 6.10 Å². The summed E-state index contributed by atoms with van der Waals surface area (Å²) in [5.74, 6) is -0.106. The summed E-state index contributed by atoms with van der Waals surface area (Å²) in [5.41, 5.74) is 3.76. The molecule has 1 N–H and O–H groups in total. The number of carbonyl (C=O) groups is 2. The van der Waals surface area contributed by atoms with Crippen LogP contribution < -0.4 is 15.0 Å². The lowest BCUT2D eigenvalue weighted by molar-refractivity contribution is -0.127. The van der Waals surface area contributed by atoms with Crippen molar-refractivity contribution in [1.82, 2.24) is 4.98 Å². The molecule has 1 aliphatic heterocycles. The van der Waals surface area contributed by atoms with Crippen molar-refractivity contribution < 1.29 is 19.1 Å². The van der Waals surface area contributed by atoms with Crippen molar-refractivity contribution in [1.29, 1.82) is 5.26 Å². The Morgan fingerprint density at radius 2 is 2.26 bits per heavy atom. The summed E-state index contributed by atoms with van der Waals surface area (Å²) >= 11 is 3.02. The van der Waals surface area contributed by atoms with E-state index in [4.69, 9.17) is 9.47 Å². The summed E-state index contributed by atoms with van der Waals surface area (Å²) in [4.78, 5) is 33.3. The third-order valence-corrected chi connectivity index (χ3v) is 8.24.